The van der Waals surface area contributed by atoms with Crippen molar-refractivity contribution in [2.75, 3.05) is 6.54 Å². The van der Waals surface area contributed by atoms with Gasteiger partial charge in [-0.05, 0) is 12.5 Å². The molecule has 0 unspecified atom stereocenters. The van der Waals surface area contributed by atoms with Crippen molar-refractivity contribution in [3.8, 4) is 0 Å². The molecule has 0 saturated carbocycles. The summed E-state index contributed by atoms with van der Waals surface area (Å²) in [5.41, 5.74) is 1.97. The number of rotatable bonds is 8. The van der Waals surface area contributed by atoms with E-state index in [1.807, 2.05) is 0 Å². The minimum absolute atomic E-state index is 0.119. The van der Waals surface area contributed by atoms with Crippen LogP contribution in [0, 0.1) is 11.6 Å². The maximum Gasteiger partial charge on any atom is 0.268 e. The van der Waals surface area contributed by atoms with E-state index < -0.39 is 11.6 Å². The van der Waals surface area contributed by atoms with Gasteiger partial charge in [0.1, 0.15) is 17.3 Å². The van der Waals surface area contributed by atoms with Gasteiger partial charge in [-0.15, -0.1) is 0 Å². The topological polar surface area (TPSA) is 47.2 Å². The minimum atomic E-state index is -0.638. The largest absolute Gasteiger partial charge is 0.463 e. The average Bonchev–Trinajstić information content (AvgIpc) is 3.19. The molecule has 3 aromatic rings. The SMILES string of the molecule is CCCCCCNC(=O)c1cc2occc2n1Cc1ccc(F)cc1F. The third-order valence-corrected chi connectivity index (χ3v) is 4.41. The molecule has 2 aromatic heterocycles. The maximum atomic E-state index is 14.0. The fraction of sp³-hybridized carbons (Fsp3) is 0.350. The third-order valence-electron chi connectivity index (χ3n) is 4.41. The molecule has 1 N–H and O–H groups in total. The van der Waals surface area contributed by atoms with E-state index in [1.54, 1.807) is 16.7 Å². The second kappa shape index (κ2) is 8.17. The first-order valence-corrected chi connectivity index (χ1v) is 8.89. The van der Waals surface area contributed by atoms with Gasteiger partial charge >= 0.3 is 0 Å². The highest BCUT2D eigenvalue weighted by Crippen LogP contribution is 2.23. The lowest BCUT2D eigenvalue weighted by atomic mass is 10.2. The molecule has 6 heteroatoms. The second-order valence-corrected chi connectivity index (χ2v) is 6.34. The van der Waals surface area contributed by atoms with Gasteiger partial charge in [-0.25, -0.2) is 8.78 Å². The van der Waals surface area contributed by atoms with Crippen LogP contribution in [0.4, 0.5) is 8.78 Å². The zero-order valence-electron chi connectivity index (χ0n) is 14.7. The van der Waals surface area contributed by atoms with Crippen LogP contribution < -0.4 is 5.32 Å². The quantitative estimate of drug-likeness (QED) is 0.583. The summed E-state index contributed by atoms with van der Waals surface area (Å²) in [4.78, 5) is 12.6. The van der Waals surface area contributed by atoms with E-state index in [-0.39, 0.29) is 12.5 Å². The van der Waals surface area contributed by atoms with Gasteiger partial charge in [0.05, 0.1) is 18.3 Å². The van der Waals surface area contributed by atoms with Gasteiger partial charge in [0.15, 0.2) is 5.58 Å². The molecule has 0 aliphatic carbocycles. The molecule has 26 heavy (non-hydrogen) atoms. The van der Waals surface area contributed by atoms with E-state index in [0.29, 0.717) is 28.9 Å². The zero-order valence-corrected chi connectivity index (χ0v) is 14.7. The highest BCUT2D eigenvalue weighted by atomic mass is 19.1. The number of benzene rings is 1. The summed E-state index contributed by atoms with van der Waals surface area (Å²) in [5.74, 6) is -1.49. The van der Waals surface area contributed by atoms with Crippen LogP contribution in [0.5, 0.6) is 0 Å². The lowest BCUT2D eigenvalue weighted by Crippen LogP contribution is -2.27. The number of halogens is 2. The first kappa shape index (κ1) is 18.2. The Morgan fingerprint density at radius 2 is 2.00 bits per heavy atom. The third kappa shape index (κ3) is 3.95. The molecule has 0 atom stereocenters. The van der Waals surface area contributed by atoms with E-state index in [4.69, 9.17) is 4.42 Å². The molecule has 0 saturated heterocycles. The van der Waals surface area contributed by atoms with Crippen LogP contribution in [-0.2, 0) is 6.54 Å². The predicted molar refractivity (Wildman–Crippen MR) is 96.1 cm³/mol. The summed E-state index contributed by atoms with van der Waals surface area (Å²) in [6.07, 6.45) is 5.79. The summed E-state index contributed by atoms with van der Waals surface area (Å²) in [7, 11) is 0. The molecule has 1 amide bonds. The van der Waals surface area contributed by atoms with Gasteiger partial charge in [0.2, 0.25) is 0 Å². The molecule has 138 valence electrons. The van der Waals surface area contributed by atoms with Crippen molar-refractivity contribution in [3.05, 3.63) is 59.5 Å². The number of unbranched alkanes of at least 4 members (excludes halogenated alkanes) is 3. The fourth-order valence-electron chi connectivity index (χ4n) is 3.00. The Balaban J connectivity index is 1.81. The van der Waals surface area contributed by atoms with Gasteiger partial charge in [0, 0.05) is 30.3 Å². The Morgan fingerprint density at radius 1 is 1.15 bits per heavy atom. The summed E-state index contributed by atoms with van der Waals surface area (Å²) in [6.45, 7) is 2.85. The molecule has 0 fully saturated rings. The number of carbonyl (C=O) groups is 1. The summed E-state index contributed by atoms with van der Waals surface area (Å²) in [5, 5.41) is 2.90. The first-order valence-electron chi connectivity index (χ1n) is 8.89. The average molecular weight is 360 g/mol. The van der Waals surface area contributed by atoms with Crippen LogP contribution in [0.25, 0.3) is 11.1 Å². The van der Waals surface area contributed by atoms with Gasteiger partial charge in [-0.1, -0.05) is 32.3 Å². The van der Waals surface area contributed by atoms with Crippen LogP contribution in [0.3, 0.4) is 0 Å². The summed E-state index contributed by atoms with van der Waals surface area (Å²) < 4.78 is 34.3. The molecular formula is C20H22F2N2O2. The molecule has 0 radical (unpaired) electrons. The van der Waals surface area contributed by atoms with E-state index in [1.165, 1.54) is 18.4 Å². The smallest absolute Gasteiger partial charge is 0.268 e. The van der Waals surface area contributed by atoms with Crippen molar-refractivity contribution in [2.24, 2.45) is 0 Å². The highest BCUT2D eigenvalue weighted by Gasteiger charge is 2.18. The molecule has 3 rings (SSSR count). The van der Waals surface area contributed by atoms with Crippen molar-refractivity contribution >= 4 is 17.0 Å². The van der Waals surface area contributed by atoms with Crippen molar-refractivity contribution in [3.63, 3.8) is 0 Å². The molecular weight excluding hydrogens is 338 g/mol. The van der Waals surface area contributed by atoms with Gasteiger partial charge < -0.3 is 14.3 Å². The summed E-state index contributed by atoms with van der Waals surface area (Å²) in [6, 6.07) is 6.83. The van der Waals surface area contributed by atoms with E-state index in [9.17, 15) is 13.6 Å². The summed E-state index contributed by atoms with van der Waals surface area (Å²) >= 11 is 0. The van der Waals surface area contributed by atoms with Gasteiger partial charge in [-0.3, -0.25) is 4.79 Å². The Morgan fingerprint density at radius 3 is 2.77 bits per heavy atom. The van der Waals surface area contributed by atoms with E-state index in [0.717, 1.165) is 31.7 Å². The van der Waals surface area contributed by atoms with Crippen molar-refractivity contribution in [1.29, 1.82) is 0 Å². The lowest BCUT2D eigenvalue weighted by Gasteiger charge is -2.11. The van der Waals surface area contributed by atoms with Gasteiger partial charge in [-0.2, -0.15) is 0 Å². The lowest BCUT2D eigenvalue weighted by molar-refractivity contribution is 0.0944. The van der Waals surface area contributed by atoms with Crippen molar-refractivity contribution < 1.29 is 18.0 Å². The Labute approximate surface area is 150 Å². The Kier molecular flexibility index (Phi) is 5.71. The Bertz CT molecular complexity index is 898. The molecule has 2 heterocycles. The van der Waals surface area contributed by atoms with Crippen molar-refractivity contribution in [1.82, 2.24) is 9.88 Å². The number of furan rings is 1. The van der Waals surface area contributed by atoms with Crippen LogP contribution in [-0.4, -0.2) is 17.0 Å². The maximum absolute atomic E-state index is 14.0. The predicted octanol–water partition coefficient (Wildman–Crippen LogP) is 4.87. The number of aromatic nitrogens is 1. The standard InChI is InChI=1S/C20H22F2N2O2/c1-2-3-4-5-9-23-20(25)18-12-19-17(8-10-26-19)24(18)13-14-6-7-15(21)11-16(14)22/h6-8,10-12H,2-5,9,13H2,1H3,(H,23,25). The van der Waals surface area contributed by atoms with Crippen molar-refractivity contribution in [2.45, 2.75) is 39.2 Å². The number of carbonyl (C=O) groups excluding carboxylic acids is 1. The molecule has 4 nitrogen and oxygen atoms in total. The molecule has 1 aromatic carbocycles. The number of nitrogens with zero attached hydrogens (tertiary/aromatic N) is 1. The normalized spacial score (nSPS) is 11.2. The van der Waals surface area contributed by atoms with E-state index >= 15 is 0 Å². The molecule has 0 aliphatic heterocycles. The number of hydrogen-bond acceptors (Lipinski definition) is 2. The Hall–Kier alpha value is -2.63. The van der Waals surface area contributed by atoms with Crippen LogP contribution >= 0.6 is 0 Å². The van der Waals surface area contributed by atoms with Gasteiger partial charge in [0.25, 0.3) is 5.91 Å². The molecule has 0 bridgehead atoms. The zero-order chi connectivity index (χ0) is 18.5. The number of fused-ring (bicyclic) bond motifs is 1. The number of amides is 1. The van der Waals surface area contributed by atoms with Crippen LogP contribution in [0.1, 0.15) is 48.7 Å². The fourth-order valence-corrected chi connectivity index (χ4v) is 3.00. The monoisotopic (exact) mass is 360 g/mol. The van der Waals surface area contributed by atoms with Crippen LogP contribution in [0.15, 0.2) is 41.0 Å². The number of nitrogens with one attached hydrogen (secondary N) is 1. The first-order chi connectivity index (χ1) is 12.6. The minimum Gasteiger partial charge on any atom is -0.463 e. The van der Waals surface area contributed by atoms with E-state index in [2.05, 4.69) is 12.2 Å². The second-order valence-electron chi connectivity index (χ2n) is 6.34. The highest BCUT2D eigenvalue weighted by molar-refractivity contribution is 5.97. The molecule has 0 aliphatic rings. The number of hydrogen-bond donors (Lipinski definition) is 1. The van der Waals surface area contributed by atoms with Crippen LogP contribution in [0.2, 0.25) is 0 Å². The molecule has 0 spiro atoms.